The van der Waals surface area contributed by atoms with Gasteiger partial charge in [-0.2, -0.15) is 0 Å². The molecule has 3 rings (SSSR count). The second-order valence-corrected chi connectivity index (χ2v) is 6.58. The van der Waals surface area contributed by atoms with Crippen molar-refractivity contribution < 1.29 is 13.9 Å². The molecule has 0 unspecified atom stereocenters. The molecule has 6 heteroatoms. The van der Waals surface area contributed by atoms with Gasteiger partial charge < -0.3 is 20.3 Å². The van der Waals surface area contributed by atoms with Gasteiger partial charge in [-0.3, -0.25) is 4.79 Å². The molecule has 0 radical (unpaired) electrons. The summed E-state index contributed by atoms with van der Waals surface area (Å²) in [6, 6.07) is 4.74. The minimum absolute atomic E-state index is 0.0351. The summed E-state index contributed by atoms with van der Waals surface area (Å²) in [4.78, 5) is 14.3. The van der Waals surface area contributed by atoms with Crippen LogP contribution in [0.15, 0.2) is 18.2 Å². The molecule has 2 aliphatic heterocycles. The third kappa shape index (κ3) is 4.92. The lowest BCUT2D eigenvalue weighted by Gasteiger charge is -2.29. The summed E-state index contributed by atoms with van der Waals surface area (Å²) in [5, 5.41) is 6.18. The molecule has 1 amide bonds. The van der Waals surface area contributed by atoms with Gasteiger partial charge >= 0.3 is 0 Å². The van der Waals surface area contributed by atoms with Gasteiger partial charge in [-0.15, -0.1) is 0 Å². The largest absolute Gasteiger partial charge is 0.378 e. The highest BCUT2D eigenvalue weighted by atomic mass is 19.1. The zero-order valence-electron chi connectivity index (χ0n) is 14.0. The summed E-state index contributed by atoms with van der Waals surface area (Å²) in [6.07, 6.45) is 3.66. The Balaban J connectivity index is 1.55. The fraction of sp³-hybridized carbons (Fsp3) is 0.611. The molecule has 1 aromatic carbocycles. The summed E-state index contributed by atoms with van der Waals surface area (Å²) in [5.41, 5.74) is 1.33. The van der Waals surface area contributed by atoms with E-state index in [1.807, 2.05) is 6.07 Å². The van der Waals surface area contributed by atoms with Crippen LogP contribution in [0.25, 0.3) is 0 Å². The molecular weight excluding hydrogens is 309 g/mol. The average molecular weight is 335 g/mol. The number of nitrogens with one attached hydrogen (secondary N) is 2. The van der Waals surface area contributed by atoms with Gasteiger partial charge in [-0.05, 0) is 56.5 Å². The van der Waals surface area contributed by atoms with Crippen LogP contribution in [0.3, 0.4) is 0 Å². The molecule has 2 N–H and O–H groups in total. The highest BCUT2D eigenvalue weighted by Crippen LogP contribution is 2.24. The van der Waals surface area contributed by atoms with E-state index in [1.165, 1.54) is 12.1 Å². The van der Waals surface area contributed by atoms with E-state index in [1.54, 1.807) is 0 Å². The van der Waals surface area contributed by atoms with Crippen LogP contribution in [0.5, 0.6) is 0 Å². The molecule has 5 nitrogen and oxygen atoms in total. The van der Waals surface area contributed by atoms with Gasteiger partial charge in [-0.25, -0.2) is 4.39 Å². The highest BCUT2D eigenvalue weighted by Gasteiger charge is 2.16. The number of rotatable bonds is 5. The Morgan fingerprint density at radius 2 is 2.00 bits per heavy atom. The second-order valence-electron chi connectivity index (χ2n) is 6.58. The Bertz CT molecular complexity index is 555. The molecule has 2 heterocycles. The molecule has 0 spiro atoms. The maximum Gasteiger partial charge on any atom is 0.224 e. The van der Waals surface area contributed by atoms with E-state index >= 15 is 0 Å². The first-order chi connectivity index (χ1) is 11.7. The first-order valence-corrected chi connectivity index (χ1v) is 8.84. The van der Waals surface area contributed by atoms with Gasteiger partial charge in [0.15, 0.2) is 0 Å². The average Bonchev–Trinajstić information content (AvgIpc) is 2.61. The van der Waals surface area contributed by atoms with Crippen molar-refractivity contribution >= 4 is 17.3 Å². The Labute approximate surface area is 142 Å². The van der Waals surface area contributed by atoms with E-state index in [0.29, 0.717) is 31.2 Å². The van der Waals surface area contributed by atoms with Crippen molar-refractivity contribution in [1.29, 1.82) is 0 Å². The third-order valence-corrected chi connectivity index (χ3v) is 4.78. The number of amides is 1. The van der Waals surface area contributed by atoms with Crippen LogP contribution in [0.1, 0.15) is 25.7 Å². The Morgan fingerprint density at radius 3 is 2.75 bits per heavy atom. The van der Waals surface area contributed by atoms with Crippen LogP contribution >= 0.6 is 0 Å². The molecule has 1 aromatic rings. The van der Waals surface area contributed by atoms with Crippen molar-refractivity contribution in [2.24, 2.45) is 5.92 Å². The third-order valence-electron chi connectivity index (χ3n) is 4.78. The van der Waals surface area contributed by atoms with Crippen LogP contribution < -0.4 is 15.5 Å². The highest BCUT2D eigenvalue weighted by molar-refractivity contribution is 5.91. The second kappa shape index (κ2) is 8.44. The maximum absolute atomic E-state index is 13.9. The van der Waals surface area contributed by atoms with Gasteiger partial charge in [0.25, 0.3) is 0 Å². The molecule has 2 saturated heterocycles. The summed E-state index contributed by atoms with van der Waals surface area (Å²) in [5.74, 6) is 0.258. The number of ether oxygens (including phenoxy) is 1. The van der Waals surface area contributed by atoms with E-state index in [0.717, 1.165) is 51.1 Å². The standard InChI is InChI=1S/C18H26FN3O2/c19-15-11-16(13-17(12-15)22-7-9-24-10-8-22)21-18(23)2-1-14-3-5-20-6-4-14/h11-14,20H,1-10H2,(H,21,23). The normalized spacial score (nSPS) is 19.3. The Hall–Kier alpha value is -1.66. The van der Waals surface area contributed by atoms with Gasteiger partial charge in [0.05, 0.1) is 13.2 Å². The number of halogens is 1. The topological polar surface area (TPSA) is 53.6 Å². The Kier molecular flexibility index (Phi) is 6.04. The van der Waals surface area contributed by atoms with Crippen LogP contribution in [0.2, 0.25) is 0 Å². The number of morpholine rings is 1. The molecule has 2 fully saturated rings. The van der Waals surface area contributed by atoms with Gasteiger partial charge in [0.2, 0.25) is 5.91 Å². The molecule has 0 aromatic heterocycles. The zero-order chi connectivity index (χ0) is 16.8. The minimum atomic E-state index is -0.326. The monoisotopic (exact) mass is 335 g/mol. The molecule has 0 saturated carbocycles. The number of nitrogens with zero attached hydrogens (tertiary/aromatic N) is 1. The summed E-state index contributed by atoms with van der Waals surface area (Å²) < 4.78 is 19.2. The van der Waals surface area contributed by atoms with Gasteiger partial charge in [-0.1, -0.05) is 0 Å². The SMILES string of the molecule is O=C(CCC1CCNCC1)Nc1cc(F)cc(N2CCOCC2)c1. The Morgan fingerprint density at radius 1 is 1.25 bits per heavy atom. The minimum Gasteiger partial charge on any atom is -0.378 e. The van der Waals surface area contributed by atoms with Crippen LogP contribution in [0.4, 0.5) is 15.8 Å². The molecule has 132 valence electrons. The zero-order valence-corrected chi connectivity index (χ0v) is 14.0. The summed E-state index contributed by atoms with van der Waals surface area (Å²) >= 11 is 0. The van der Waals surface area contributed by atoms with Gasteiger partial charge in [0.1, 0.15) is 5.82 Å². The van der Waals surface area contributed by atoms with Crippen LogP contribution in [-0.4, -0.2) is 45.3 Å². The van der Waals surface area contributed by atoms with Gasteiger partial charge in [0, 0.05) is 30.9 Å². The number of carbonyl (C=O) groups excluding carboxylic acids is 1. The van der Waals surface area contributed by atoms with Crippen molar-refractivity contribution in [3.63, 3.8) is 0 Å². The number of benzene rings is 1. The number of piperidine rings is 1. The smallest absolute Gasteiger partial charge is 0.224 e. The van der Waals surface area contributed by atoms with E-state index in [9.17, 15) is 9.18 Å². The molecule has 2 aliphatic rings. The lowest BCUT2D eigenvalue weighted by atomic mass is 9.93. The quantitative estimate of drug-likeness (QED) is 0.867. The first kappa shape index (κ1) is 17.2. The number of carbonyl (C=O) groups is 1. The van der Waals surface area contributed by atoms with E-state index in [2.05, 4.69) is 15.5 Å². The van der Waals surface area contributed by atoms with Crippen LogP contribution in [-0.2, 0) is 9.53 Å². The predicted octanol–water partition coefficient (Wildman–Crippen LogP) is 2.38. The number of hydrogen-bond donors (Lipinski definition) is 2. The van der Waals surface area contributed by atoms with Crippen LogP contribution in [0, 0.1) is 11.7 Å². The molecule has 0 bridgehead atoms. The van der Waals surface area contributed by atoms with Crippen molar-refractivity contribution in [2.75, 3.05) is 49.6 Å². The lowest BCUT2D eigenvalue weighted by Crippen LogP contribution is -2.36. The van der Waals surface area contributed by atoms with Crippen molar-refractivity contribution in [3.05, 3.63) is 24.0 Å². The fourth-order valence-electron chi connectivity index (χ4n) is 3.38. The van der Waals surface area contributed by atoms with E-state index in [4.69, 9.17) is 4.74 Å². The molecule has 0 atom stereocenters. The predicted molar refractivity (Wildman–Crippen MR) is 92.9 cm³/mol. The lowest BCUT2D eigenvalue weighted by molar-refractivity contribution is -0.116. The molecule has 24 heavy (non-hydrogen) atoms. The number of hydrogen-bond acceptors (Lipinski definition) is 4. The van der Waals surface area contributed by atoms with Crippen molar-refractivity contribution in [2.45, 2.75) is 25.7 Å². The van der Waals surface area contributed by atoms with Crippen molar-refractivity contribution in [1.82, 2.24) is 5.32 Å². The fourth-order valence-corrected chi connectivity index (χ4v) is 3.38. The van der Waals surface area contributed by atoms with E-state index < -0.39 is 0 Å². The van der Waals surface area contributed by atoms with Crippen molar-refractivity contribution in [3.8, 4) is 0 Å². The van der Waals surface area contributed by atoms with E-state index in [-0.39, 0.29) is 11.7 Å². The molecular formula is C18H26FN3O2. The summed E-state index contributed by atoms with van der Waals surface area (Å²) in [6.45, 7) is 4.86. The number of anilines is 2. The molecule has 0 aliphatic carbocycles. The maximum atomic E-state index is 13.9. The summed E-state index contributed by atoms with van der Waals surface area (Å²) in [7, 11) is 0. The first-order valence-electron chi connectivity index (χ1n) is 8.84.